The quantitative estimate of drug-likeness (QED) is 0.767. The number of ether oxygens (including phenoxy) is 1. The highest BCUT2D eigenvalue weighted by molar-refractivity contribution is 8.00. The average molecular weight is 350 g/mol. The van der Waals surface area contributed by atoms with E-state index in [9.17, 15) is 8.42 Å². The molecule has 118 valence electrons. The molecule has 0 radical (unpaired) electrons. The van der Waals surface area contributed by atoms with E-state index in [1.807, 2.05) is 11.8 Å². The van der Waals surface area contributed by atoms with E-state index in [0.717, 1.165) is 0 Å². The smallest absolute Gasteiger partial charge is 0.243 e. The van der Waals surface area contributed by atoms with Gasteiger partial charge in [-0.3, -0.25) is 0 Å². The summed E-state index contributed by atoms with van der Waals surface area (Å²) in [6.07, 6.45) is 0. The van der Waals surface area contributed by atoms with Crippen molar-refractivity contribution in [2.75, 3.05) is 25.6 Å². The van der Waals surface area contributed by atoms with Crippen LogP contribution in [0.4, 0.5) is 0 Å². The molecular weight excluding hydrogens is 330 g/mol. The zero-order valence-corrected chi connectivity index (χ0v) is 14.5. The van der Waals surface area contributed by atoms with E-state index in [-0.39, 0.29) is 0 Å². The molecule has 1 aromatic carbocycles. The second-order valence-electron chi connectivity index (χ2n) is 5.09. The highest BCUT2D eigenvalue weighted by Gasteiger charge is 2.31. The van der Waals surface area contributed by atoms with Gasteiger partial charge >= 0.3 is 0 Å². The molecule has 1 aliphatic heterocycles. The number of thioether (sulfide) groups is 1. The van der Waals surface area contributed by atoms with Crippen molar-refractivity contribution in [1.29, 1.82) is 0 Å². The molecule has 0 bridgehead atoms. The van der Waals surface area contributed by atoms with Gasteiger partial charge in [-0.05, 0) is 24.3 Å². The van der Waals surface area contributed by atoms with Gasteiger partial charge < -0.3 is 4.74 Å². The van der Waals surface area contributed by atoms with Crippen molar-refractivity contribution in [2.24, 2.45) is 0 Å². The van der Waals surface area contributed by atoms with Crippen LogP contribution in [-0.4, -0.2) is 48.8 Å². The Morgan fingerprint density at radius 2 is 1.81 bits per heavy atom. The predicted molar refractivity (Wildman–Crippen MR) is 87.9 cm³/mol. The van der Waals surface area contributed by atoms with Crippen molar-refractivity contribution in [3.63, 3.8) is 0 Å². The summed E-state index contributed by atoms with van der Waals surface area (Å²) in [7, 11) is -3.43. The molecule has 2 unspecified atom stereocenters. The van der Waals surface area contributed by atoms with E-state index >= 15 is 0 Å². The van der Waals surface area contributed by atoms with Gasteiger partial charge in [0.2, 0.25) is 10.0 Å². The largest absolute Gasteiger partial charge is 0.492 e. The van der Waals surface area contributed by atoms with E-state index in [1.165, 1.54) is 0 Å². The molecule has 2 atom stereocenters. The molecule has 0 spiro atoms. The Labute approximate surface area is 135 Å². The highest BCUT2D eigenvalue weighted by Crippen LogP contribution is 2.29. The highest BCUT2D eigenvalue weighted by atomic mass is 35.5. The summed E-state index contributed by atoms with van der Waals surface area (Å²) in [5.41, 5.74) is 0. The minimum atomic E-state index is -3.43. The lowest BCUT2D eigenvalue weighted by molar-refractivity contribution is 0.342. The van der Waals surface area contributed by atoms with Crippen LogP contribution < -0.4 is 4.74 Å². The maximum Gasteiger partial charge on any atom is 0.243 e. The van der Waals surface area contributed by atoms with Crippen molar-refractivity contribution in [1.82, 2.24) is 4.31 Å². The van der Waals surface area contributed by atoms with Gasteiger partial charge in [0.15, 0.2) is 0 Å². The van der Waals surface area contributed by atoms with Crippen molar-refractivity contribution in [2.45, 2.75) is 29.2 Å². The molecule has 4 nitrogen and oxygen atoms in total. The molecular formula is C14H20ClNO3S2. The van der Waals surface area contributed by atoms with E-state index in [2.05, 4.69) is 13.8 Å². The summed E-state index contributed by atoms with van der Waals surface area (Å²) in [5, 5.41) is 0.629. The Balaban J connectivity index is 2.15. The minimum Gasteiger partial charge on any atom is -0.492 e. The number of hydrogen-bond acceptors (Lipinski definition) is 4. The van der Waals surface area contributed by atoms with Gasteiger partial charge in [0.1, 0.15) is 12.4 Å². The number of hydrogen-bond donors (Lipinski definition) is 0. The molecule has 1 aromatic rings. The molecule has 2 rings (SSSR count). The topological polar surface area (TPSA) is 46.6 Å². The van der Waals surface area contributed by atoms with Gasteiger partial charge in [-0.15, -0.1) is 11.6 Å². The minimum absolute atomic E-state index is 0.312. The summed E-state index contributed by atoms with van der Waals surface area (Å²) in [4.78, 5) is 0.312. The van der Waals surface area contributed by atoms with Gasteiger partial charge in [-0.2, -0.15) is 16.1 Å². The van der Waals surface area contributed by atoms with Crippen molar-refractivity contribution < 1.29 is 13.2 Å². The lowest BCUT2D eigenvalue weighted by atomic mass is 10.3. The summed E-state index contributed by atoms with van der Waals surface area (Å²) >= 11 is 7.38. The van der Waals surface area contributed by atoms with Crippen LogP contribution >= 0.6 is 23.4 Å². The van der Waals surface area contributed by atoms with Crippen LogP contribution in [0.5, 0.6) is 5.75 Å². The number of alkyl halides is 1. The summed E-state index contributed by atoms with van der Waals surface area (Å²) in [5.74, 6) is 1.03. The van der Waals surface area contributed by atoms with Crippen LogP contribution in [0, 0.1) is 0 Å². The van der Waals surface area contributed by atoms with E-state index in [4.69, 9.17) is 16.3 Å². The van der Waals surface area contributed by atoms with E-state index < -0.39 is 10.0 Å². The monoisotopic (exact) mass is 349 g/mol. The van der Waals surface area contributed by atoms with E-state index in [0.29, 0.717) is 46.7 Å². The Bertz CT molecular complexity index is 552. The zero-order valence-electron chi connectivity index (χ0n) is 12.2. The summed E-state index contributed by atoms with van der Waals surface area (Å²) < 4.78 is 32.3. The first-order valence-electron chi connectivity index (χ1n) is 6.88. The van der Waals surface area contributed by atoms with Gasteiger partial charge in [-0.1, -0.05) is 13.8 Å². The normalized spacial score (nSPS) is 24.0. The number of sulfonamides is 1. The second kappa shape index (κ2) is 7.22. The van der Waals surface area contributed by atoms with Crippen LogP contribution in [0.25, 0.3) is 0 Å². The predicted octanol–water partition coefficient (Wildman–Crippen LogP) is 2.82. The second-order valence-corrected chi connectivity index (χ2v) is 9.29. The molecule has 1 saturated heterocycles. The van der Waals surface area contributed by atoms with E-state index in [1.54, 1.807) is 28.6 Å². The maximum absolute atomic E-state index is 12.7. The summed E-state index contributed by atoms with van der Waals surface area (Å²) in [6, 6.07) is 6.53. The average Bonchev–Trinajstić information content (AvgIpc) is 2.44. The molecule has 1 aliphatic rings. The van der Waals surface area contributed by atoms with Crippen LogP contribution in [0.3, 0.4) is 0 Å². The number of rotatable bonds is 5. The van der Waals surface area contributed by atoms with Gasteiger partial charge in [0, 0.05) is 23.6 Å². The number of nitrogens with zero attached hydrogens (tertiary/aromatic N) is 1. The molecule has 0 N–H and O–H groups in total. The molecule has 0 aliphatic carbocycles. The first kappa shape index (κ1) is 16.9. The third-order valence-corrected chi connectivity index (χ3v) is 6.42. The van der Waals surface area contributed by atoms with Gasteiger partial charge in [-0.25, -0.2) is 8.42 Å². The first-order chi connectivity index (χ1) is 9.93. The van der Waals surface area contributed by atoms with Crippen molar-refractivity contribution >= 4 is 33.4 Å². The molecule has 21 heavy (non-hydrogen) atoms. The Morgan fingerprint density at radius 3 is 2.33 bits per heavy atom. The fourth-order valence-electron chi connectivity index (χ4n) is 2.34. The fraction of sp³-hybridized carbons (Fsp3) is 0.571. The molecule has 1 heterocycles. The maximum atomic E-state index is 12.7. The number of halogens is 1. The Kier molecular flexibility index (Phi) is 5.82. The SMILES string of the molecule is CC1CN(S(=O)(=O)c2ccc(OCCCl)cc2)CC(C)S1. The molecule has 7 heteroatoms. The van der Waals surface area contributed by atoms with Crippen molar-refractivity contribution in [3.8, 4) is 5.75 Å². The van der Waals surface area contributed by atoms with Crippen LogP contribution in [0.15, 0.2) is 29.2 Å². The van der Waals surface area contributed by atoms with Crippen LogP contribution in [0.1, 0.15) is 13.8 Å². The Morgan fingerprint density at radius 1 is 1.24 bits per heavy atom. The van der Waals surface area contributed by atoms with Crippen LogP contribution in [-0.2, 0) is 10.0 Å². The zero-order chi connectivity index (χ0) is 15.5. The molecule has 0 saturated carbocycles. The Hall–Kier alpha value is -0.430. The lowest BCUT2D eigenvalue weighted by Crippen LogP contribution is -2.43. The first-order valence-corrected chi connectivity index (χ1v) is 9.79. The standard InChI is InChI=1S/C14H20ClNO3S2/c1-11-9-16(10-12(2)20-11)21(17,18)14-5-3-13(4-6-14)19-8-7-15/h3-6,11-12H,7-10H2,1-2H3. The third-order valence-electron chi connectivity index (χ3n) is 3.19. The third kappa shape index (κ3) is 4.28. The molecule has 0 aromatic heterocycles. The van der Waals surface area contributed by atoms with Gasteiger partial charge in [0.25, 0.3) is 0 Å². The number of benzene rings is 1. The molecule has 0 amide bonds. The lowest BCUT2D eigenvalue weighted by Gasteiger charge is -2.33. The molecule has 1 fully saturated rings. The van der Waals surface area contributed by atoms with Crippen LogP contribution in [0.2, 0.25) is 0 Å². The van der Waals surface area contributed by atoms with Crippen molar-refractivity contribution in [3.05, 3.63) is 24.3 Å². The fourth-order valence-corrected chi connectivity index (χ4v) is 5.55. The van der Waals surface area contributed by atoms with Gasteiger partial charge in [0.05, 0.1) is 10.8 Å². The summed E-state index contributed by atoms with van der Waals surface area (Å²) in [6.45, 7) is 5.65.